The van der Waals surface area contributed by atoms with E-state index in [0.717, 1.165) is 36.5 Å². The summed E-state index contributed by atoms with van der Waals surface area (Å²) in [5, 5.41) is 0. The molecule has 2 heterocycles. The normalized spacial score (nSPS) is 26.8. The summed E-state index contributed by atoms with van der Waals surface area (Å²) in [6, 6.07) is 5.69. The van der Waals surface area contributed by atoms with Gasteiger partial charge in [-0.25, -0.2) is 0 Å². The van der Waals surface area contributed by atoms with Crippen LogP contribution < -0.4 is 14.2 Å². The van der Waals surface area contributed by atoms with Crippen molar-refractivity contribution in [2.75, 3.05) is 41.0 Å². The standard InChI is InChI=1S/C23H36N2O3/c1-26-20-14-17(15-21(27-2)23(20)28-3)16-25-13-12-24-11-7-10-19(24)22(25)18-8-5-4-6-9-18/h14-15,18-19,22H,4-13,16H2,1-3H3. The van der Waals surface area contributed by atoms with Gasteiger partial charge in [0.1, 0.15) is 0 Å². The quantitative estimate of drug-likeness (QED) is 0.737. The number of ether oxygens (including phenoxy) is 3. The third kappa shape index (κ3) is 3.84. The summed E-state index contributed by atoms with van der Waals surface area (Å²) in [4.78, 5) is 5.54. The molecule has 3 aliphatic rings. The van der Waals surface area contributed by atoms with Gasteiger partial charge in [0.25, 0.3) is 0 Å². The number of fused-ring (bicyclic) bond motifs is 1. The van der Waals surface area contributed by atoms with E-state index in [-0.39, 0.29) is 0 Å². The second kappa shape index (κ2) is 8.91. The summed E-state index contributed by atoms with van der Waals surface area (Å²) in [7, 11) is 5.06. The molecule has 2 saturated heterocycles. The maximum atomic E-state index is 5.59. The molecular weight excluding hydrogens is 352 g/mol. The first-order chi connectivity index (χ1) is 13.7. The minimum atomic E-state index is 0.679. The minimum Gasteiger partial charge on any atom is -0.493 e. The Kier molecular flexibility index (Phi) is 6.32. The number of nitrogens with zero attached hydrogens (tertiary/aromatic N) is 2. The molecule has 3 fully saturated rings. The van der Waals surface area contributed by atoms with Crippen LogP contribution in [0.4, 0.5) is 0 Å². The van der Waals surface area contributed by atoms with Crippen molar-refractivity contribution < 1.29 is 14.2 Å². The molecule has 0 amide bonds. The van der Waals surface area contributed by atoms with Crippen molar-refractivity contribution in [3.8, 4) is 17.2 Å². The highest BCUT2D eigenvalue weighted by atomic mass is 16.5. The van der Waals surface area contributed by atoms with E-state index in [0.29, 0.717) is 11.8 Å². The van der Waals surface area contributed by atoms with E-state index in [1.54, 1.807) is 21.3 Å². The lowest BCUT2D eigenvalue weighted by molar-refractivity contribution is -0.00385. The van der Waals surface area contributed by atoms with Crippen molar-refractivity contribution in [2.45, 2.75) is 63.6 Å². The molecule has 2 aliphatic heterocycles. The number of benzene rings is 1. The molecule has 4 rings (SSSR count). The average Bonchev–Trinajstić information content (AvgIpc) is 3.22. The number of piperazine rings is 1. The van der Waals surface area contributed by atoms with E-state index >= 15 is 0 Å². The lowest BCUT2D eigenvalue weighted by Gasteiger charge is -2.49. The van der Waals surface area contributed by atoms with E-state index in [1.807, 2.05) is 0 Å². The van der Waals surface area contributed by atoms with E-state index in [1.165, 1.54) is 63.6 Å². The summed E-state index contributed by atoms with van der Waals surface area (Å²) < 4.78 is 16.7. The first kappa shape index (κ1) is 19.8. The average molecular weight is 389 g/mol. The van der Waals surface area contributed by atoms with Gasteiger partial charge < -0.3 is 14.2 Å². The molecule has 28 heavy (non-hydrogen) atoms. The lowest BCUT2D eigenvalue weighted by Crippen LogP contribution is -2.59. The van der Waals surface area contributed by atoms with E-state index in [9.17, 15) is 0 Å². The van der Waals surface area contributed by atoms with Crippen molar-refractivity contribution >= 4 is 0 Å². The summed E-state index contributed by atoms with van der Waals surface area (Å²) in [5.74, 6) is 3.04. The van der Waals surface area contributed by atoms with Crippen LogP contribution in [-0.4, -0.2) is 62.8 Å². The Morgan fingerprint density at radius 1 is 0.821 bits per heavy atom. The monoisotopic (exact) mass is 388 g/mol. The molecule has 2 unspecified atom stereocenters. The van der Waals surface area contributed by atoms with Crippen LogP contribution in [0.15, 0.2) is 12.1 Å². The Labute approximate surface area is 169 Å². The molecule has 1 aromatic rings. The molecular formula is C23H36N2O3. The van der Waals surface area contributed by atoms with Crippen molar-refractivity contribution in [3.05, 3.63) is 17.7 Å². The summed E-state index contributed by atoms with van der Waals surface area (Å²) in [5.41, 5.74) is 1.25. The smallest absolute Gasteiger partial charge is 0.203 e. The number of hydrogen-bond acceptors (Lipinski definition) is 5. The Morgan fingerprint density at radius 3 is 2.18 bits per heavy atom. The Morgan fingerprint density at radius 2 is 1.54 bits per heavy atom. The minimum absolute atomic E-state index is 0.679. The summed E-state index contributed by atoms with van der Waals surface area (Å²) in [6.45, 7) is 4.63. The van der Waals surface area contributed by atoms with Gasteiger partial charge in [-0.05, 0) is 55.8 Å². The second-order valence-electron chi connectivity index (χ2n) is 8.64. The van der Waals surface area contributed by atoms with Crippen LogP contribution >= 0.6 is 0 Å². The Bertz CT molecular complexity index is 634. The van der Waals surface area contributed by atoms with Gasteiger partial charge in [0.2, 0.25) is 5.75 Å². The van der Waals surface area contributed by atoms with Crippen molar-refractivity contribution in [1.82, 2.24) is 9.80 Å². The van der Waals surface area contributed by atoms with Crippen molar-refractivity contribution in [2.24, 2.45) is 5.92 Å². The highest BCUT2D eigenvalue weighted by Crippen LogP contribution is 2.41. The molecule has 5 nitrogen and oxygen atoms in total. The third-order valence-corrected chi connectivity index (χ3v) is 7.15. The zero-order valence-electron chi connectivity index (χ0n) is 17.8. The fraction of sp³-hybridized carbons (Fsp3) is 0.739. The van der Waals surface area contributed by atoms with Crippen LogP contribution in [0, 0.1) is 5.92 Å². The molecule has 1 aliphatic carbocycles. The molecule has 0 N–H and O–H groups in total. The maximum Gasteiger partial charge on any atom is 0.203 e. The van der Waals surface area contributed by atoms with Crippen LogP contribution in [0.2, 0.25) is 0 Å². The van der Waals surface area contributed by atoms with Crippen molar-refractivity contribution in [1.29, 1.82) is 0 Å². The molecule has 0 aromatic heterocycles. The first-order valence-electron chi connectivity index (χ1n) is 11.0. The van der Waals surface area contributed by atoms with Gasteiger partial charge in [0, 0.05) is 31.7 Å². The highest BCUT2D eigenvalue weighted by Gasteiger charge is 2.42. The predicted molar refractivity (Wildman–Crippen MR) is 111 cm³/mol. The van der Waals surface area contributed by atoms with Crippen LogP contribution in [0.25, 0.3) is 0 Å². The van der Waals surface area contributed by atoms with Gasteiger partial charge in [0.05, 0.1) is 21.3 Å². The number of methoxy groups -OCH3 is 3. The zero-order valence-corrected chi connectivity index (χ0v) is 17.8. The van der Waals surface area contributed by atoms with Crippen LogP contribution in [-0.2, 0) is 6.54 Å². The van der Waals surface area contributed by atoms with E-state index < -0.39 is 0 Å². The fourth-order valence-electron chi connectivity index (χ4n) is 5.90. The molecule has 1 aromatic carbocycles. The maximum absolute atomic E-state index is 5.59. The van der Waals surface area contributed by atoms with Gasteiger partial charge in [0.15, 0.2) is 11.5 Å². The zero-order chi connectivity index (χ0) is 19.5. The summed E-state index contributed by atoms with van der Waals surface area (Å²) >= 11 is 0. The molecule has 0 bridgehead atoms. The van der Waals surface area contributed by atoms with Crippen LogP contribution in [0.5, 0.6) is 17.2 Å². The van der Waals surface area contributed by atoms with E-state index in [4.69, 9.17) is 14.2 Å². The molecule has 5 heteroatoms. The van der Waals surface area contributed by atoms with Crippen LogP contribution in [0.1, 0.15) is 50.5 Å². The molecule has 2 atom stereocenters. The Balaban J connectivity index is 1.59. The molecule has 156 valence electrons. The molecule has 0 spiro atoms. The summed E-state index contributed by atoms with van der Waals surface area (Å²) in [6.07, 6.45) is 9.78. The Hall–Kier alpha value is -1.46. The number of hydrogen-bond donors (Lipinski definition) is 0. The van der Waals surface area contributed by atoms with Gasteiger partial charge in [-0.1, -0.05) is 19.3 Å². The highest BCUT2D eigenvalue weighted by molar-refractivity contribution is 5.53. The lowest BCUT2D eigenvalue weighted by atomic mass is 9.78. The molecule has 0 radical (unpaired) electrons. The van der Waals surface area contributed by atoms with E-state index in [2.05, 4.69) is 21.9 Å². The van der Waals surface area contributed by atoms with Crippen LogP contribution in [0.3, 0.4) is 0 Å². The number of rotatable bonds is 6. The van der Waals surface area contributed by atoms with Gasteiger partial charge in [-0.15, -0.1) is 0 Å². The topological polar surface area (TPSA) is 34.2 Å². The fourth-order valence-corrected chi connectivity index (χ4v) is 5.90. The van der Waals surface area contributed by atoms with Crippen molar-refractivity contribution in [3.63, 3.8) is 0 Å². The SMILES string of the molecule is COc1cc(CN2CCN3CCCC3C2C2CCCCC2)cc(OC)c1OC. The second-order valence-corrected chi connectivity index (χ2v) is 8.64. The first-order valence-corrected chi connectivity index (χ1v) is 11.0. The molecule has 1 saturated carbocycles. The predicted octanol–water partition coefficient (Wildman–Crippen LogP) is 3.94. The van der Waals surface area contributed by atoms with Gasteiger partial charge in [-0.3, -0.25) is 9.80 Å². The van der Waals surface area contributed by atoms with Gasteiger partial charge >= 0.3 is 0 Å². The third-order valence-electron chi connectivity index (χ3n) is 7.15. The van der Waals surface area contributed by atoms with Gasteiger partial charge in [-0.2, -0.15) is 0 Å². The largest absolute Gasteiger partial charge is 0.493 e.